The van der Waals surface area contributed by atoms with E-state index in [1.807, 2.05) is 24.4 Å². The molecule has 3 rings (SSSR count). The molecule has 0 unspecified atom stereocenters. The van der Waals surface area contributed by atoms with Crippen molar-refractivity contribution in [2.24, 2.45) is 4.99 Å². The number of hydrogen-bond acceptors (Lipinski definition) is 2. The molecule has 0 amide bonds. The summed E-state index contributed by atoms with van der Waals surface area (Å²) >= 11 is -0.826. The van der Waals surface area contributed by atoms with Crippen LogP contribution in [0.4, 0.5) is 0 Å². The molecule has 1 N–H and O–H groups in total. The quantitative estimate of drug-likeness (QED) is 0.236. The third-order valence-electron chi connectivity index (χ3n) is 5.89. The molecule has 0 aliphatic rings. The molecule has 0 fully saturated rings. The Morgan fingerprint density at radius 1 is 0.938 bits per heavy atom. The van der Waals surface area contributed by atoms with Crippen LogP contribution in [0, 0.1) is 6.92 Å². The van der Waals surface area contributed by atoms with Crippen molar-refractivity contribution in [3.05, 3.63) is 101 Å². The van der Waals surface area contributed by atoms with Crippen LogP contribution in [-0.2, 0) is 26.3 Å². The van der Waals surface area contributed by atoms with Crippen molar-refractivity contribution in [1.29, 1.82) is 0 Å². The van der Waals surface area contributed by atoms with Gasteiger partial charge in [0.25, 0.3) is 0 Å². The molecule has 3 aromatic rings. The second kappa shape index (κ2) is 13.3. The molecule has 0 heterocycles. The number of benzene rings is 3. The van der Waals surface area contributed by atoms with Crippen LogP contribution in [0.5, 0.6) is 5.75 Å². The molecular formula is C27H31Cl2NOZr. The Kier molecular flexibility index (Phi) is 11.2. The molecular weight excluding hydrogens is 516 g/mol. The van der Waals surface area contributed by atoms with E-state index in [4.69, 9.17) is 22.0 Å². The van der Waals surface area contributed by atoms with Crippen LogP contribution in [0.25, 0.3) is 0 Å². The molecule has 0 aromatic heterocycles. The number of phenols is 1. The molecule has 0 aliphatic carbocycles. The van der Waals surface area contributed by atoms with Crippen LogP contribution in [0.15, 0.2) is 77.8 Å². The molecule has 0 saturated heterocycles. The Morgan fingerprint density at radius 3 is 1.84 bits per heavy atom. The Morgan fingerprint density at radius 2 is 1.41 bits per heavy atom. The summed E-state index contributed by atoms with van der Waals surface area (Å²) in [5.74, 6) is 0.306. The first-order valence-corrected chi connectivity index (χ1v) is 17.2. The fourth-order valence-electron chi connectivity index (χ4n) is 3.99. The van der Waals surface area contributed by atoms with E-state index in [2.05, 4.69) is 82.3 Å². The van der Waals surface area contributed by atoms with Crippen LogP contribution in [-0.4, -0.2) is 17.4 Å². The molecule has 0 atom stereocenters. The van der Waals surface area contributed by atoms with Crippen LogP contribution >= 0.6 is 17.0 Å². The van der Waals surface area contributed by atoms with Gasteiger partial charge >= 0.3 is 37.9 Å². The van der Waals surface area contributed by atoms with Crippen LogP contribution in [0.3, 0.4) is 0 Å². The van der Waals surface area contributed by atoms with Crippen LogP contribution in [0.2, 0.25) is 0 Å². The van der Waals surface area contributed by atoms with E-state index in [1.54, 1.807) is 0 Å². The summed E-state index contributed by atoms with van der Waals surface area (Å²) in [6.07, 6.45) is 3.84. The molecule has 32 heavy (non-hydrogen) atoms. The molecule has 5 heteroatoms. The Labute approximate surface area is 211 Å². The van der Waals surface area contributed by atoms with Crippen LogP contribution < -0.4 is 0 Å². The van der Waals surface area contributed by atoms with Gasteiger partial charge in [-0.2, -0.15) is 0 Å². The van der Waals surface area contributed by atoms with Gasteiger partial charge in [-0.15, -0.1) is 0 Å². The number of rotatable bonds is 7. The second-order valence-electron chi connectivity index (χ2n) is 7.93. The number of hydrogen-bond donors (Lipinski definition) is 1. The SMILES string of the molecule is CCC(CC)N=Cc1cc(C)cc(C(C)(c2ccccc2)c2ccccc2)c1O.[Cl][Zr][Cl]. The summed E-state index contributed by atoms with van der Waals surface area (Å²) in [5.41, 5.74) is 4.62. The average molecular weight is 548 g/mol. The summed E-state index contributed by atoms with van der Waals surface area (Å²) < 4.78 is 0. The number of aromatic hydroxyl groups is 1. The van der Waals surface area contributed by atoms with E-state index in [-0.39, 0.29) is 6.04 Å². The van der Waals surface area contributed by atoms with Crippen molar-refractivity contribution in [3.63, 3.8) is 0 Å². The van der Waals surface area contributed by atoms with Gasteiger partial charge in [0.2, 0.25) is 0 Å². The average Bonchev–Trinajstić information content (AvgIpc) is 2.82. The van der Waals surface area contributed by atoms with Crippen molar-refractivity contribution in [2.75, 3.05) is 0 Å². The second-order valence-corrected chi connectivity index (χ2v) is 11.7. The normalized spacial score (nSPS) is 11.3. The zero-order valence-corrected chi connectivity index (χ0v) is 23.1. The van der Waals surface area contributed by atoms with Gasteiger partial charge in [-0.25, -0.2) is 0 Å². The van der Waals surface area contributed by atoms with Crippen molar-refractivity contribution < 1.29 is 26.0 Å². The summed E-state index contributed by atoms with van der Waals surface area (Å²) in [4.78, 5) is 4.72. The third kappa shape index (κ3) is 6.56. The fourth-order valence-corrected chi connectivity index (χ4v) is 3.99. The van der Waals surface area contributed by atoms with Gasteiger partial charge < -0.3 is 5.11 Å². The molecule has 2 nitrogen and oxygen atoms in total. The fraction of sp³-hybridized carbons (Fsp3) is 0.296. The van der Waals surface area contributed by atoms with Crippen molar-refractivity contribution in [3.8, 4) is 5.75 Å². The predicted octanol–water partition coefficient (Wildman–Crippen LogP) is 8.04. The van der Waals surface area contributed by atoms with Crippen molar-refractivity contribution in [2.45, 2.75) is 52.0 Å². The van der Waals surface area contributed by atoms with E-state index in [0.717, 1.165) is 40.7 Å². The van der Waals surface area contributed by atoms with Gasteiger partial charge in [-0.05, 0) is 49.4 Å². The molecule has 0 saturated carbocycles. The van der Waals surface area contributed by atoms with Crippen molar-refractivity contribution in [1.82, 2.24) is 0 Å². The number of aryl methyl sites for hydroxylation is 1. The van der Waals surface area contributed by atoms with Crippen molar-refractivity contribution >= 4 is 23.2 Å². The Balaban J connectivity index is 0.00000114. The van der Waals surface area contributed by atoms with Gasteiger partial charge in [-0.3, -0.25) is 4.99 Å². The van der Waals surface area contributed by atoms with Gasteiger partial charge in [0.05, 0.1) is 0 Å². The minimum atomic E-state index is -0.826. The van der Waals surface area contributed by atoms with E-state index in [1.165, 1.54) is 0 Å². The maximum absolute atomic E-state index is 11.3. The first-order chi connectivity index (χ1) is 15.4. The first kappa shape index (κ1) is 26.8. The predicted molar refractivity (Wildman–Crippen MR) is 135 cm³/mol. The summed E-state index contributed by atoms with van der Waals surface area (Å²) in [6.45, 7) is 8.56. The molecule has 0 radical (unpaired) electrons. The zero-order chi connectivity index (χ0) is 23.6. The molecule has 168 valence electrons. The molecule has 0 bridgehead atoms. The van der Waals surface area contributed by atoms with E-state index in [9.17, 15) is 5.11 Å². The summed E-state index contributed by atoms with van der Waals surface area (Å²) in [5, 5.41) is 11.3. The summed E-state index contributed by atoms with van der Waals surface area (Å²) in [7, 11) is 9.87. The first-order valence-electron chi connectivity index (χ1n) is 10.9. The Hall–Kier alpha value is -1.41. The monoisotopic (exact) mass is 545 g/mol. The van der Waals surface area contributed by atoms with Gasteiger partial charge in [0, 0.05) is 28.8 Å². The third-order valence-corrected chi connectivity index (χ3v) is 5.89. The van der Waals surface area contributed by atoms with Gasteiger partial charge in [-0.1, -0.05) is 80.6 Å². The minimum absolute atomic E-state index is 0.285. The molecule has 0 spiro atoms. The number of halogens is 2. The Bertz CT molecular complexity index is 950. The topological polar surface area (TPSA) is 32.6 Å². The van der Waals surface area contributed by atoms with Gasteiger partial charge in [0.1, 0.15) is 5.75 Å². The number of aliphatic imine (C=N–C) groups is 1. The number of phenolic OH excluding ortho intramolecular Hbond substituents is 1. The van der Waals surface area contributed by atoms with E-state index < -0.39 is 26.3 Å². The number of nitrogens with zero attached hydrogens (tertiary/aromatic N) is 1. The van der Waals surface area contributed by atoms with Crippen LogP contribution in [0.1, 0.15) is 61.4 Å². The van der Waals surface area contributed by atoms with Gasteiger partial charge in [0.15, 0.2) is 0 Å². The zero-order valence-electron chi connectivity index (χ0n) is 19.1. The molecule has 0 aliphatic heterocycles. The molecule has 3 aromatic carbocycles. The maximum atomic E-state index is 11.3. The summed E-state index contributed by atoms with van der Waals surface area (Å²) in [6, 6.07) is 25.2. The standard InChI is InChI=1S/C27H31NO.2ClH.Zr/c1-5-24(6-2)28-19-21-17-20(3)18-25(26(21)29)27(4,22-13-9-7-10-14-22)23-15-11-8-12-16-23;;;/h7-19,24,29H,5-6H2,1-4H3;2*1H;/q;;;+2/p-2. The van der Waals surface area contributed by atoms with E-state index in [0.29, 0.717) is 5.75 Å². The van der Waals surface area contributed by atoms with E-state index >= 15 is 0 Å².